The number of para-hydroxylation sites is 1. The molecule has 0 fully saturated rings. The van der Waals surface area contributed by atoms with Crippen LogP contribution in [0.2, 0.25) is 0 Å². The monoisotopic (exact) mass is 307 g/mol. The quantitative estimate of drug-likeness (QED) is 0.412. The maximum absolute atomic E-state index is 3.48. The minimum absolute atomic E-state index is 1.04. The highest BCUT2D eigenvalue weighted by molar-refractivity contribution is 5.93. The van der Waals surface area contributed by atoms with Crippen molar-refractivity contribution in [1.29, 1.82) is 0 Å². The van der Waals surface area contributed by atoms with E-state index in [2.05, 4.69) is 72.0 Å². The van der Waals surface area contributed by atoms with E-state index in [1.165, 1.54) is 33.0 Å². The molecule has 0 aromatic heterocycles. The largest absolute Gasteiger partial charge is 0.356 e. The summed E-state index contributed by atoms with van der Waals surface area (Å²) in [7, 11) is 0. The summed E-state index contributed by atoms with van der Waals surface area (Å²) in [5, 5.41) is 6.07. The SMILES string of the molecule is c1ccc(Nc2ccc3cc4c(cc3c2)Cc2ccccc2-4)cc1. The van der Waals surface area contributed by atoms with Crippen molar-refractivity contribution in [3.63, 3.8) is 0 Å². The molecular formula is C23H17N. The Morgan fingerprint density at radius 3 is 2.29 bits per heavy atom. The van der Waals surface area contributed by atoms with Gasteiger partial charge in [0, 0.05) is 11.4 Å². The van der Waals surface area contributed by atoms with E-state index < -0.39 is 0 Å². The zero-order valence-electron chi connectivity index (χ0n) is 13.3. The molecule has 1 N–H and O–H groups in total. The maximum Gasteiger partial charge on any atom is 0.0390 e. The summed E-state index contributed by atoms with van der Waals surface area (Å²) in [5.74, 6) is 0. The van der Waals surface area contributed by atoms with Crippen molar-refractivity contribution in [2.24, 2.45) is 0 Å². The van der Waals surface area contributed by atoms with Crippen LogP contribution < -0.4 is 5.32 Å². The lowest BCUT2D eigenvalue weighted by Gasteiger charge is -2.09. The van der Waals surface area contributed by atoms with E-state index in [4.69, 9.17) is 0 Å². The number of rotatable bonds is 2. The predicted octanol–water partition coefficient (Wildman–Crippen LogP) is 6.15. The van der Waals surface area contributed by atoms with Gasteiger partial charge in [-0.2, -0.15) is 0 Å². The first kappa shape index (κ1) is 13.4. The highest BCUT2D eigenvalue weighted by atomic mass is 14.9. The van der Waals surface area contributed by atoms with Gasteiger partial charge in [0.25, 0.3) is 0 Å². The molecule has 4 aromatic carbocycles. The fourth-order valence-corrected chi connectivity index (χ4v) is 3.65. The third-order valence-electron chi connectivity index (χ3n) is 4.81. The van der Waals surface area contributed by atoms with E-state index in [-0.39, 0.29) is 0 Å². The van der Waals surface area contributed by atoms with Gasteiger partial charge in [-0.05, 0) is 69.8 Å². The van der Waals surface area contributed by atoms with Gasteiger partial charge in [0.2, 0.25) is 0 Å². The summed E-state index contributed by atoms with van der Waals surface area (Å²) in [4.78, 5) is 0. The first-order valence-corrected chi connectivity index (χ1v) is 8.34. The summed E-state index contributed by atoms with van der Waals surface area (Å²) in [6, 6.07) is 30.3. The fourth-order valence-electron chi connectivity index (χ4n) is 3.65. The topological polar surface area (TPSA) is 12.0 Å². The van der Waals surface area contributed by atoms with Crippen LogP contribution in [0.25, 0.3) is 21.9 Å². The van der Waals surface area contributed by atoms with Gasteiger partial charge >= 0.3 is 0 Å². The Bertz CT molecular complexity index is 1050. The lowest BCUT2D eigenvalue weighted by molar-refractivity contribution is 1.27. The average Bonchev–Trinajstić information content (AvgIpc) is 2.98. The molecule has 114 valence electrons. The van der Waals surface area contributed by atoms with E-state index in [0.29, 0.717) is 0 Å². The first-order valence-electron chi connectivity index (χ1n) is 8.34. The molecule has 0 amide bonds. The molecule has 0 saturated carbocycles. The van der Waals surface area contributed by atoms with Gasteiger partial charge in [0.1, 0.15) is 0 Å². The minimum Gasteiger partial charge on any atom is -0.356 e. The second kappa shape index (κ2) is 5.24. The Kier molecular flexibility index (Phi) is 2.92. The van der Waals surface area contributed by atoms with Crippen LogP contribution in [0.3, 0.4) is 0 Å². The van der Waals surface area contributed by atoms with E-state index in [0.717, 1.165) is 17.8 Å². The van der Waals surface area contributed by atoms with Crippen LogP contribution in [0.5, 0.6) is 0 Å². The van der Waals surface area contributed by atoms with Gasteiger partial charge in [0.15, 0.2) is 0 Å². The van der Waals surface area contributed by atoms with E-state index in [1.807, 2.05) is 18.2 Å². The lowest BCUT2D eigenvalue weighted by atomic mass is 10.0. The first-order chi connectivity index (χ1) is 11.9. The summed E-state index contributed by atoms with van der Waals surface area (Å²) in [6.45, 7) is 0. The number of nitrogens with one attached hydrogen (secondary N) is 1. The third kappa shape index (κ3) is 2.17. The zero-order chi connectivity index (χ0) is 15.9. The second-order valence-electron chi connectivity index (χ2n) is 6.40. The van der Waals surface area contributed by atoms with Crippen molar-refractivity contribution in [2.45, 2.75) is 6.42 Å². The normalized spacial score (nSPS) is 12.0. The second-order valence-corrected chi connectivity index (χ2v) is 6.40. The van der Waals surface area contributed by atoms with E-state index in [1.54, 1.807) is 0 Å². The molecule has 0 heterocycles. The predicted molar refractivity (Wildman–Crippen MR) is 102 cm³/mol. The van der Waals surface area contributed by atoms with Crippen LogP contribution in [-0.4, -0.2) is 0 Å². The average molecular weight is 307 g/mol. The van der Waals surface area contributed by atoms with Crippen LogP contribution in [-0.2, 0) is 6.42 Å². The summed E-state index contributed by atoms with van der Waals surface area (Å²) in [6.07, 6.45) is 1.04. The van der Waals surface area contributed by atoms with Gasteiger partial charge in [-0.25, -0.2) is 0 Å². The molecule has 24 heavy (non-hydrogen) atoms. The highest BCUT2D eigenvalue weighted by Crippen LogP contribution is 2.39. The van der Waals surface area contributed by atoms with Gasteiger partial charge in [-0.3, -0.25) is 0 Å². The Morgan fingerprint density at radius 1 is 0.542 bits per heavy atom. The Morgan fingerprint density at radius 2 is 1.38 bits per heavy atom. The van der Waals surface area contributed by atoms with Crippen molar-refractivity contribution >= 4 is 22.1 Å². The zero-order valence-corrected chi connectivity index (χ0v) is 13.3. The van der Waals surface area contributed by atoms with Crippen LogP contribution >= 0.6 is 0 Å². The highest BCUT2D eigenvalue weighted by Gasteiger charge is 2.18. The number of hydrogen-bond donors (Lipinski definition) is 1. The molecule has 0 saturated heterocycles. The van der Waals surface area contributed by atoms with Gasteiger partial charge in [0.05, 0.1) is 0 Å². The summed E-state index contributed by atoms with van der Waals surface area (Å²) < 4.78 is 0. The van der Waals surface area contributed by atoms with Crippen molar-refractivity contribution < 1.29 is 0 Å². The smallest absolute Gasteiger partial charge is 0.0390 e. The van der Waals surface area contributed by atoms with E-state index in [9.17, 15) is 0 Å². The molecule has 1 aliphatic rings. The van der Waals surface area contributed by atoms with Crippen molar-refractivity contribution in [2.75, 3.05) is 5.32 Å². The van der Waals surface area contributed by atoms with Crippen LogP contribution in [0.4, 0.5) is 11.4 Å². The van der Waals surface area contributed by atoms with Crippen molar-refractivity contribution in [3.05, 3.63) is 96.1 Å². The van der Waals surface area contributed by atoms with E-state index >= 15 is 0 Å². The van der Waals surface area contributed by atoms with Crippen LogP contribution in [0.15, 0.2) is 84.9 Å². The summed E-state index contributed by atoms with van der Waals surface area (Å²) in [5.41, 5.74) is 7.89. The van der Waals surface area contributed by atoms with Crippen LogP contribution in [0.1, 0.15) is 11.1 Å². The van der Waals surface area contributed by atoms with Gasteiger partial charge < -0.3 is 5.32 Å². The molecule has 1 aliphatic carbocycles. The molecule has 0 aliphatic heterocycles. The molecule has 0 radical (unpaired) electrons. The Labute approximate surface area is 141 Å². The molecule has 0 unspecified atom stereocenters. The maximum atomic E-state index is 3.48. The lowest BCUT2D eigenvalue weighted by Crippen LogP contribution is -1.90. The van der Waals surface area contributed by atoms with Crippen LogP contribution in [0, 0.1) is 0 Å². The molecule has 1 nitrogen and oxygen atoms in total. The Hall–Kier alpha value is -3.06. The molecule has 5 rings (SSSR count). The standard InChI is InChI=1S/C23H17N/c1-2-7-20(8-3-1)24-21-11-10-16-15-23-19(13-18(16)14-21)12-17-6-4-5-9-22(17)23/h1-11,13-15,24H,12H2. The number of anilines is 2. The minimum atomic E-state index is 1.04. The summed E-state index contributed by atoms with van der Waals surface area (Å²) >= 11 is 0. The Balaban J connectivity index is 1.58. The molecule has 4 aromatic rings. The third-order valence-corrected chi connectivity index (χ3v) is 4.81. The number of benzene rings is 4. The van der Waals surface area contributed by atoms with Crippen molar-refractivity contribution in [1.82, 2.24) is 0 Å². The molecule has 0 atom stereocenters. The fraction of sp³-hybridized carbons (Fsp3) is 0.0435. The van der Waals surface area contributed by atoms with Gasteiger partial charge in [-0.1, -0.05) is 54.6 Å². The molecule has 0 bridgehead atoms. The number of fused-ring (bicyclic) bond motifs is 4. The number of hydrogen-bond acceptors (Lipinski definition) is 1. The van der Waals surface area contributed by atoms with Gasteiger partial charge in [-0.15, -0.1) is 0 Å². The van der Waals surface area contributed by atoms with Crippen molar-refractivity contribution in [3.8, 4) is 11.1 Å². The molecular weight excluding hydrogens is 290 g/mol. The molecule has 0 spiro atoms. The molecule has 1 heteroatoms.